The molecule has 0 heterocycles. The third kappa shape index (κ3) is 2.23. The smallest absolute Gasteiger partial charge is 0.221 e. The number of Topliss-reactive ketones (excluding diaryl/α,β-unsaturated/α-hetero) is 1. The summed E-state index contributed by atoms with van der Waals surface area (Å²) in [5.41, 5.74) is 1.72. The van der Waals surface area contributed by atoms with Crippen LogP contribution in [0.2, 0.25) is 0 Å². The van der Waals surface area contributed by atoms with Gasteiger partial charge in [-0.2, -0.15) is 0 Å². The lowest BCUT2D eigenvalue weighted by atomic mass is 9.83. The summed E-state index contributed by atoms with van der Waals surface area (Å²) in [6.45, 7) is 2.90. The van der Waals surface area contributed by atoms with E-state index in [1.807, 2.05) is 0 Å². The van der Waals surface area contributed by atoms with E-state index in [1.165, 1.54) is 6.92 Å². The van der Waals surface area contributed by atoms with Crippen molar-refractivity contribution in [2.45, 2.75) is 26.7 Å². The second-order valence-corrected chi connectivity index (χ2v) is 4.55. The van der Waals surface area contributed by atoms with E-state index in [4.69, 9.17) is 5.11 Å². The van der Waals surface area contributed by atoms with Gasteiger partial charge < -0.3 is 10.4 Å². The van der Waals surface area contributed by atoms with E-state index in [0.29, 0.717) is 24.0 Å². The maximum Gasteiger partial charge on any atom is 0.221 e. The highest BCUT2D eigenvalue weighted by Crippen LogP contribution is 2.34. The van der Waals surface area contributed by atoms with Crippen LogP contribution in [0, 0.1) is 12.7 Å². The Balaban J connectivity index is 2.67. The predicted molar refractivity (Wildman–Crippen MR) is 68.8 cm³/mol. The van der Waals surface area contributed by atoms with E-state index in [0.717, 1.165) is 12.3 Å². The Morgan fingerprint density at radius 1 is 1.47 bits per heavy atom. The molecule has 1 aromatic carbocycles. The Kier molecular flexibility index (Phi) is 3.38. The number of carbonyl (C=O) groups is 2. The molecule has 4 nitrogen and oxygen atoms in total. The zero-order chi connectivity index (χ0) is 14.2. The third-order valence-corrected chi connectivity index (χ3v) is 3.28. The van der Waals surface area contributed by atoms with Crippen LogP contribution in [0.4, 0.5) is 10.1 Å². The Labute approximate surface area is 109 Å². The van der Waals surface area contributed by atoms with Gasteiger partial charge in [-0.15, -0.1) is 0 Å². The molecule has 0 saturated carbocycles. The summed E-state index contributed by atoms with van der Waals surface area (Å²) >= 11 is 0. The maximum absolute atomic E-state index is 13.8. The van der Waals surface area contributed by atoms with Gasteiger partial charge in [0.15, 0.2) is 5.78 Å². The largest absolute Gasteiger partial charge is 0.515 e. The second kappa shape index (κ2) is 4.84. The van der Waals surface area contributed by atoms with Crippen molar-refractivity contribution in [2.24, 2.45) is 0 Å². The van der Waals surface area contributed by atoms with E-state index in [2.05, 4.69) is 5.32 Å². The number of halogens is 1. The van der Waals surface area contributed by atoms with Gasteiger partial charge in [-0.05, 0) is 37.0 Å². The number of amides is 1. The summed E-state index contributed by atoms with van der Waals surface area (Å²) in [5, 5.41) is 11.5. The van der Waals surface area contributed by atoms with E-state index >= 15 is 0 Å². The van der Waals surface area contributed by atoms with Crippen LogP contribution in [-0.2, 0) is 11.2 Å². The number of ketones is 1. The predicted octanol–water partition coefficient (Wildman–Crippen LogP) is 2.66. The fourth-order valence-corrected chi connectivity index (χ4v) is 2.32. The minimum absolute atomic E-state index is 0.162. The van der Waals surface area contributed by atoms with Gasteiger partial charge >= 0.3 is 0 Å². The average molecular weight is 263 g/mol. The van der Waals surface area contributed by atoms with Crippen molar-refractivity contribution in [2.75, 3.05) is 5.32 Å². The Bertz CT molecular complexity index is 605. The zero-order valence-electron chi connectivity index (χ0n) is 10.7. The molecule has 0 aliphatic heterocycles. The molecule has 1 aromatic rings. The number of anilines is 1. The van der Waals surface area contributed by atoms with Crippen molar-refractivity contribution in [3.8, 4) is 0 Å². The number of aliphatic hydroxyl groups excluding tert-OH is 1. The van der Waals surface area contributed by atoms with Crippen LogP contribution in [0.1, 0.15) is 34.8 Å². The third-order valence-electron chi connectivity index (χ3n) is 3.28. The van der Waals surface area contributed by atoms with Gasteiger partial charge in [0, 0.05) is 18.1 Å². The zero-order valence-corrected chi connectivity index (χ0v) is 10.7. The molecule has 1 amide bonds. The molecule has 0 atom stereocenters. The normalized spacial score (nSPS) is 16.4. The highest BCUT2D eigenvalue weighted by molar-refractivity contribution is 6.15. The number of carbonyl (C=O) groups excluding carboxylic acids is 2. The van der Waals surface area contributed by atoms with E-state index in [1.54, 1.807) is 6.92 Å². The van der Waals surface area contributed by atoms with Crippen molar-refractivity contribution in [1.29, 1.82) is 0 Å². The Morgan fingerprint density at radius 3 is 2.74 bits per heavy atom. The molecule has 0 spiro atoms. The molecular formula is C14H14FNO3. The summed E-state index contributed by atoms with van der Waals surface area (Å²) in [7, 11) is 0. The standard InChI is InChI=1S/C14H14FNO3/c1-7-10-4-3-9(6-17)14(19)13(10)12(5-11(7)15)16-8(2)18/h5-6,17H,3-4H2,1-2H3,(H,16,18)/b9-6-. The Morgan fingerprint density at radius 2 is 2.16 bits per heavy atom. The van der Waals surface area contributed by atoms with Crippen molar-refractivity contribution >= 4 is 17.4 Å². The molecule has 0 saturated heterocycles. The fourth-order valence-electron chi connectivity index (χ4n) is 2.32. The highest BCUT2D eigenvalue weighted by atomic mass is 19.1. The average Bonchev–Trinajstić information content (AvgIpc) is 2.34. The number of allylic oxidation sites excluding steroid dienone is 1. The number of hydrogen-bond acceptors (Lipinski definition) is 3. The first-order chi connectivity index (χ1) is 8.95. The first kappa shape index (κ1) is 13.3. The van der Waals surface area contributed by atoms with Gasteiger partial charge in [0.25, 0.3) is 0 Å². The number of rotatable bonds is 1. The molecular weight excluding hydrogens is 249 g/mol. The summed E-state index contributed by atoms with van der Waals surface area (Å²) in [6.07, 6.45) is 1.61. The van der Waals surface area contributed by atoms with Crippen LogP contribution in [0.25, 0.3) is 0 Å². The van der Waals surface area contributed by atoms with Crippen LogP contribution in [0.3, 0.4) is 0 Å². The summed E-state index contributed by atoms with van der Waals surface area (Å²) in [5.74, 6) is -1.19. The molecule has 19 heavy (non-hydrogen) atoms. The lowest BCUT2D eigenvalue weighted by molar-refractivity contribution is -0.114. The van der Waals surface area contributed by atoms with Crippen molar-refractivity contribution in [3.63, 3.8) is 0 Å². The number of fused-ring (bicyclic) bond motifs is 1. The van der Waals surface area contributed by atoms with Crippen molar-refractivity contribution in [3.05, 3.63) is 40.4 Å². The molecule has 5 heteroatoms. The topological polar surface area (TPSA) is 66.4 Å². The van der Waals surface area contributed by atoms with E-state index in [-0.39, 0.29) is 28.5 Å². The molecule has 2 rings (SSSR count). The number of benzene rings is 1. The van der Waals surface area contributed by atoms with Gasteiger partial charge in [0.05, 0.1) is 11.9 Å². The molecule has 1 aliphatic rings. The molecule has 100 valence electrons. The minimum atomic E-state index is -0.452. The lowest BCUT2D eigenvalue weighted by Crippen LogP contribution is -2.20. The van der Waals surface area contributed by atoms with Crippen LogP contribution < -0.4 is 5.32 Å². The monoisotopic (exact) mass is 263 g/mol. The van der Waals surface area contributed by atoms with Gasteiger partial charge in [-0.3, -0.25) is 9.59 Å². The first-order valence-corrected chi connectivity index (χ1v) is 5.93. The number of hydrogen-bond donors (Lipinski definition) is 2. The Hall–Kier alpha value is -2.17. The van der Waals surface area contributed by atoms with Crippen LogP contribution in [0.5, 0.6) is 0 Å². The van der Waals surface area contributed by atoms with Crippen LogP contribution in [0.15, 0.2) is 17.9 Å². The SMILES string of the molecule is CC(=O)Nc1cc(F)c(C)c2c1C(=O)/C(=C\O)CC2. The lowest BCUT2D eigenvalue weighted by Gasteiger charge is -2.22. The van der Waals surface area contributed by atoms with E-state index < -0.39 is 5.82 Å². The highest BCUT2D eigenvalue weighted by Gasteiger charge is 2.28. The summed E-state index contributed by atoms with van der Waals surface area (Å²) in [6, 6.07) is 1.15. The van der Waals surface area contributed by atoms with Crippen molar-refractivity contribution < 1.29 is 19.1 Å². The molecule has 1 aliphatic carbocycles. The minimum Gasteiger partial charge on any atom is -0.515 e. The molecule has 2 N–H and O–H groups in total. The van der Waals surface area contributed by atoms with Crippen molar-refractivity contribution in [1.82, 2.24) is 0 Å². The number of nitrogens with one attached hydrogen (secondary N) is 1. The first-order valence-electron chi connectivity index (χ1n) is 5.93. The maximum atomic E-state index is 13.8. The van der Waals surface area contributed by atoms with E-state index in [9.17, 15) is 14.0 Å². The second-order valence-electron chi connectivity index (χ2n) is 4.55. The van der Waals surface area contributed by atoms with Crippen LogP contribution in [-0.4, -0.2) is 16.8 Å². The summed E-state index contributed by atoms with van der Waals surface area (Å²) in [4.78, 5) is 23.4. The summed E-state index contributed by atoms with van der Waals surface area (Å²) < 4.78 is 13.8. The quantitative estimate of drug-likeness (QED) is 0.604. The van der Waals surface area contributed by atoms with Gasteiger partial charge in [0.1, 0.15) is 5.82 Å². The van der Waals surface area contributed by atoms with Gasteiger partial charge in [0.2, 0.25) is 5.91 Å². The fraction of sp³-hybridized carbons (Fsp3) is 0.286. The van der Waals surface area contributed by atoms with Gasteiger partial charge in [-0.1, -0.05) is 0 Å². The molecule has 0 aromatic heterocycles. The molecule has 0 bridgehead atoms. The number of aliphatic hydroxyl groups is 1. The molecule has 0 unspecified atom stereocenters. The molecule has 0 fully saturated rings. The molecule has 0 radical (unpaired) electrons. The van der Waals surface area contributed by atoms with Gasteiger partial charge in [-0.25, -0.2) is 4.39 Å². The van der Waals surface area contributed by atoms with Crippen LogP contribution >= 0.6 is 0 Å².